The molecule has 1 aliphatic rings. The lowest BCUT2D eigenvalue weighted by Crippen LogP contribution is -2.26. The quantitative estimate of drug-likeness (QED) is 0.530. The summed E-state index contributed by atoms with van der Waals surface area (Å²) in [5.74, 6) is 1.50. The topological polar surface area (TPSA) is 45.4 Å². The first kappa shape index (κ1) is 20.6. The zero-order valence-corrected chi connectivity index (χ0v) is 18.4. The molecule has 1 heterocycles. The predicted molar refractivity (Wildman–Crippen MR) is 118 cm³/mol. The van der Waals surface area contributed by atoms with Crippen LogP contribution in [-0.2, 0) is 12.8 Å². The number of benzene rings is 1. The van der Waals surface area contributed by atoms with Crippen LogP contribution in [-0.4, -0.2) is 12.3 Å². The molecule has 0 spiro atoms. The molecule has 0 N–H and O–H groups in total. The van der Waals surface area contributed by atoms with Crippen molar-refractivity contribution in [2.45, 2.75) is 66.4 Å². The molecule has 0 saturated carbocycles. The Morgan fingerprint density at radius 2 is 2.11 bits per heavy atom. The van der Waals surface area contributed by atoms with E-state index in [9.17, 15) is 5.26 Å². The van der Waals surface area contributed by atoms with Crippen molar-refractivity contribution in [3.05, 3.63) is 45.8 Å². The average molecular weight is 395 g/mol. The Balaban J connectivity index is 1.89. The summed E-state index contributed by atoms with van der Waals surface area (Å²) in [5, 5.41) is 10.6. The summed E-state index contributed by atoms with van der Waals surface area (Å²) >= 11 is 1.69. The van der Waals surface area contributed by atoms with Gasteiger partial charge in [0.25, 0.3) is 0 Å². The lowest BCUT2D eigenvalue weighted by molar-refractivity contribution is 0.217. The van der Waals surface area contributed by atoms with Crippen LogP contribution in [0.3, 0.4) is 0 Å². The third-order valence-corrected chi connectivity index (χ3v) is 6.89. The number of ether oxygens (including phenoxy) is 1. The highest BCUT2D eigenvalue weighted by Crippen LogP contribution is 2.44. The maximum absolute atomic E-state index is 9.75. The van der Waals surface area contributed by atoms with Gasteiger partial charge < -0.3 is 4.74 Å². The fourth-order valence-corrected chi connectivity index (χ4v) is 4.86. The molecule has 0 saturated heterocycles. The van der Waals surface area contributed by atoms with Crippen molar-refractivity contribution in [2.24, 2.45) is 16.3 Å². The van der Waals surface area contributed by atoms with Crippen molar-refractivity contribution in [2.75, 3.05) is 0 Å². The molecule has 0 unspecified atom stereocenters. The van der Waals surface area contributed by atoms with Crippen molar-refractivity contribution < 1.29 is 4.74 Å². The van der Waals surface area contributed by atoms with Gasteiger partial charge in [0.1, 0.15) is 16.8 Å². The van der Waals surface area contributed by atoms with Gasteiger partial charge >= 0.3 is 0 Å². The first-order valence-electron chi connectivity index (χ1n) is 10.2. The van der Waals surface area contributed by atoms with Gasteiger partial charge in [0, 0.05) is 16.7 Å². The molecule has 148 valence electrons. The van der Waals surface area contributed by atoms with E-state index in [0.717, 1.165) is 47.6 Å². The number of aliphatic imine (C=N–C) groups is 1. The molecule has 28 heavy (non-hydrogen) atoms. The smallest absolute Gasteiger partial charge is 0.134 e. The minimum atomic E-state index is 0.160. The van der Waals surface area contributed by atoms with Gasteiger partial charge in [0.15, 0.2) is 0 Å². The molecule has 2 aromatic rings. The number of thiophene rings is 1. The molecule has 0 amide bonds. The van der Waals surface area contributed by atoms with E-state index in [-0.39, 0.29) is 6.10 Å². The second-order valence-electron chi connectivity index (χ2n) is 8.73. The Morgan fingerprint density at radius 1 is 1.36 bits per heavy atom. The fraction of sp³-hybridized carbons (Fsp3) is 0.500. The number of hydrogen-bond acceptors (Lipinski definition) is 4. The van der Waals surface area contributed by atoms with E-state index in [2.05, 4.69) is 40.7 Å². The van der Waals surface area contributed by atoms with Gasteiger partial charge in [-0.2, -0.15) is 5.26 Å². The fourth-order valence-electron chi connectivity index (χ4n) is 3.64. The lowest BCUT2D eigenvalue weighted by Gasteiger charge is -2.33. The normalized spacial score (nSPS) is 17.9. The Morgan fingerprint density at radius 3 is 2.79 bits per heavy atom. The number of nitriles is 1. The highest BCUT2D eigenvalue weighted by atomic mass is 32.1. The summed E-state index contributed by atoms with van der Waals surface area (Å²) in [6.07, 6.45) is 6.15. The molecular formula is C24H30N2OS. The highest BCUT2D eigenvalue weighted by Gasteiger charge is 2.32. The van der Waals surface area contributed by atoms with Crippen LogP contribution >= 0.6 is 11.3 Å². The maximum Gasteiger partial charge on any atom is 0.134 e. The molecule has 3 nitrogen and oxygen atoms in total. The highest BCUT2D eigenvalue weighted by molar-refractivity contribution is 7.16. The molecule has 1 aromatic carbocycles. The first-order chi connectivity index (χ1) is 13.3. The Labute approximate surface area is 173 Å². The second kappa shape index (κ2) is 8.49. The average Bonchev–Trinajstić information content (AvgIpc) is 3.03. The molecule has 0 aliphatic heterocycles. The standard InChI is InChI=1S/C24H30N2OS/c1-6-16(2)27-21-10-8-7-9-17(21)15-26-23-20(14-25)19-12-11-18(24(3,4)5)13-22(19)28-23/h7-10,15-16,18H,6,11-13H2,1-5H3/t16-,18-/m0/s1. The van der Waals surface area contributed by atoms with Crippen molar-refractivity contribution in [1.82, 2.24) is 0 Å². The molecule has 0 radical (unpaired) electrons. The molecule has 1 aromatic heterocycles. The van der Waals surface area contributed by atoms with Crippen LogP contribution < -0.4 is 4.74 Å². The molecule has 2 atom stereocenters. The van der Waals surface area contributed by atoms with E-state index in [0.29, 0.717) is 11.3 Å². The summed E-state index contributed by atoms with van der Waals surface area (Å²) in [6, 6.07) is 10.4. The van der Waals surface area contributed by atoms with E-state index in [1.807, 2.05) is 30.5 Å². The molecular weight excluding hydrogens is 364 g/mol. The maximum atomic E-state index is 9.75. The third-order valence-electron chi connectivity index (χ3n) is 5.73. The van der Waals surface area contributed by atoms with Crippen LogP contribution in [0.1, 0.15) is 69.0 Å². The van der Waals surface area contributed by atoms with Gasteiger partial charge in [-0.15, -0.1) is 11.3 Å². The van der Waals surface area contributed by atoms with Crippen LogP contribution in [0, 0.1) is 22.7 Å². The van der Waals surface area contributed by atoms with E-state index >= 15 is 0 Å². The molecule has 1 aliphatic carbocycles. The van der Waals surface area contributed by atoms with Crippen molar-refractivity contribution in [3.8, 4) is 11.8 Å². The van der Waals surface area contributed by atoms with Crippen LogP contribution in [0.4, 0.5) is 5.00 Å². The van der Waals surface area contributed by atoms with E-state index in [1.54, 1.807) is 11.3 Å². The van der Waals surface area contributed by atoms with E-state index in [1.165, 1.54) is 10.4 Å². The van der Waals surface area contributed by atoms with Gasteiger partial charge in [-0.25, -0.2) is 4.99 Å². The molecule has 3 rings (SSSR count). The molecule has 0 bridgehead atoms. The van der Waals surface area contributed by atoms with E-state index < -0.39 is 0 Å². The lowest BCUT2D eigenvalue weighted by atomic mass is 9.72. The Hall–Kier alpha value is -2.12. The SMILES string of the molecule is CC[C@H](C)Oc1ccccc1C=Nc1sc2c(c1C#N)CC[C@H](C(C)(C)C)C2. The Bertz CT molecular complexity index is 898. The minimum absolute atomic E-state index is 0.160. The largest absolute Gasteiger partial charge is 0.490 e. The van der Waals surface area contributed by atoms with Gasteiger partial charge in [-0.1, -0.05) is 39.8 Å². The number of fused-ring (bicyclic) bond motifs is 1. The number of nitrogens with zero attached hydrogens (tertiary/aromatic N) is 2. The Kier molecular flexibility index (Phi) is 6.25. The van der Waals surface area contributed by atoms with Crippen LogP contribution in [0.5, 0.6) is 5.75 Å². The van der Waals surface area contributed by atoms with Crippen LogP contribution in [0.15, 0.2) is 29.3 Å². The first-order valence-corrected chi connectivity index (χ1v) is 11.0. The summed E-state index contributed by atoms with van der Waals surface area (Å²) in [6.45, 7) is 11.1. The predicted octanol–water partition coefficient (Wildman–Crippen LogP) is 6.70. The van der Waals surface area contributed by atoms with Gasteiger partial charge in [0.2, 0.25) is 0 Å². The number of rotatable bonds is 5. The third kappa shape index (κ3) is 4.47. The number of para-hydroxylation sites is 1. The monoisotopic (exact) mass is 394 g/mol. The van der Waals surface area contributed by atoms with Crippen LogP contribution in [0.25, 0.3) is 0 Å². The zero-order valence-electron chi connectivity index (χ0n) is 17.6. The van der Waals surface area contributed by atoms with Crippen molar-refractivity contribution in [1.29, 1.82) is 5.26 Å². The van der Waals surface area contributed by atoms with E-state index in [4.69, 9.17) is 9.73 Å². The second-order valence-corrected chi connectivity index (χ2v) is 9.82. The summed E-state index contributed by atoms with van der Waals surface area (Å²) < 4.78 is 6.02. The van der Waals surface area contributed by atoms with Gasteiger partial charge in [-0.3, -0.25) is 0 Å². The van der Waals surface area contributed by atoms with Crippen molar-refractivity contribution >= 4 is 22.6 Å². The minimum Gasteiger partial charge on any atom is -0.490 e. The van der Waals surface area contributed by atoms with Gasteiger partial charge in [0.05, 0.1) is 11.7 Å². The van der Waals surface area contributed by atoms with Gasteiger partial charge in [-0.05, 0) is 61.6 Å². The molecule has 4 heteroatoms. The summed E-state index contributed by atoms with van der Waals surface area (Å²) in [5.41, 5.74) is 3.24. The summed E-state index contributed by atoms with van der Waals surface area (Å²) in [4.78, 5) is 6.07. The summed E-state index contributed by atoms with van der Waals surface area (Å²) in [7, 11) is 0. The van der Waals surface area contributed by atoms with Crippen LogP contribution in [0.2, 0.25) is 0 Å². The molecule has 0 fully saturated rings. The van der Waals surface area contributed by atoms with Crippen molar-refractivity contribution in [3.63, 3.8) is 0 Å². The number of hydrogen-bond donors (Lipinski definition) is 0. The zero-order chi connectivity index (χ0) is 20.3.